The molecule has 114 valence electrons. The SMILES string of the molecule is CCC1CNC(CC(C)C)CN1CC(COC)OC. The van der Waals surface area contributed by atoms with E-state index in [1.807, 2.05) is 0 Å². The summed E-state index contributed by atoms with van der Waals surface area (Å²) in [6.45, 7) is 10.7. The molecular weight excluding hydrogens is 240 g/mol. The van der Waals surface area contributed by atoms with Gasteiger partial charge >= 0.3 is 0 Å². The molecule has 4 heteroatoms. The van der Waals surface area contributed by atoms with Gasteiger partial charge in [0, 0.05) is 45.9 Å². The fraction of sp³-hybridized carbons (Fsp3) is 1.00. The second-order valence-corrected chi connectivity index (χ2v) is 6.06. The highest BCUT2D eigenvalue weighted by atomic mass is 16.5. The Labute approximate surface area is 118 Å². The molecule has 0 aromatic heterocycles. The van der Waals surface area contributed by atoms with E-state index >= 15 is 0 Å². The summed E-state index contributed by atoms with van der Waals surface area (Å²) in [5.41, 5.74) is 0. The van der Waals surface area contributed by atoms with E-state index in [9.17, 15) is 0 Å². The van der Waals surface area contributed by atoms with Gasteiger partial charge in [0.2, 0.25) is 0 Å². The third-order valence-corrected chi connectivity index (χ3v) is 3.96. The maximum atomic E-state index is 5.52. The summed E-state index contributed by atoms with van der Waals surface area (Å²) in [6.07, 6.45) is 2.61. The van der Waals surface area contributed by atoms with Crippen molar-refractivity contribution in [3.05, 3.63) is 0 Å². The van der Waals surface area contributed by atoms with Gasteiger partial charge < -0.3 is 14.8 Å². The Bertz CT molecular complexity index is 236. The fourth-order valence-electron chi connectivity index (χ4n) is 2.92. The van der Waals surface area contributed by atoms with Gasteiger partial charge in [-0.3, -0.25) is 4.90 Å². The predicted molar refractivity (Wildman–Crippen MR) is 79.6 cm³/mol. The van der Waals surface area contributed by atoms with Crippen molar-refractivity contribution in [1.82, 2.24) is 10.2 Å². The van der Waals surface area contributed by atoms with Crippen molar-refractivity contribution in [3.8, 4) is 0 Å². The molecule has 0 aliphatic carbocycles. The van der Waals surface area contributed by atoms with Crippen LogP contribution < -0.4 is 5.32 Å². The zero-order chi connectivity index (χ0) is 14.3. The third-order valence-electron chi connectivity index (χ3n) is 3.96. The Kier molecular flexibility index (Phi) is 7.91. The van der Waals surface area contributed by atoms with Crippen molar-refractivity contribution >= 4 is 0 Å². The molecule has 4 nitrogen and oxygen atoms in total. The molecule has 1 aliphatic heterocycles. The van der Waals surface area contributed by atoms with E-state index in [0.717, 1.165) is 25.6 Å². The molecule has 0 saturated carbocycles. The van der Waals surface area contributed by atoms with E-state index in [1.54, 1.807) is 14.2 Å². The van der Waals surface area contributed by atoms with Crippen LogP contribution in [-0.2, 0) is 9.47 Å². The number of hydrogen-bond donors (Lipinski definition) is 1. The third kappa shape index (κ3) is 5.78. The van der Waals surface area contributed by atoms with Crippen LogP contribution in [0, 0.1) is 5.92 Å². The maximum Gasteiger partial charge on any atom is 0.0931 e. The number of nitrogens with one attached hydrogen (secondary N) is 1. The van der Waals surface area contributed by atoms with Crippen LogP contribution in [0.4, 0.5) is 0 Å². The average Bonchev–Trinajstić information content (AvgIpc) is 2.38. The summed E-state index contributed by atoms with van der Waals surface area (Å²) in [7, 11) is 3.51. The van der Waals surface area contributed by atoms with Crippen molar-refractivity contribution < 1.29 is 9.47 Å². The van der Waals surface area contributed by atoms with Crippen molar-refractivity contribution in [2.24, 2.45) is 5.92 Å². The maximum absolute atomic E-state index is 5.52. The van der Waals surface area contributed by atoms with Gasteiger partial charge in [-0.25, -0.2) is 0 Å². The second-order valence-electron chi connectivity index (χ2n) is 6.06. The van der Waals surface area contributed by atoms with E-state index in [2.05, 4.69) is 31.0 Å². The molecule has 1 fully saturated rings. The Hall–Kier alpha value is -0.160. The summed E-state index contributed by atoms with van der Waals surface area (Å²) in [5.74, 6) is 0.745. The molecule has 3 atom stereocenters. The van der Waals surface area contributed by atoms with E-state index in [1.165, 1.54) is 12.8 Å². The predicted octanol–water partition coefficient (Wildman–Crippen LogP) is 1.75. The highest BCUT2D eigenvalue weighted by molar-refractivity contribution is 4.87. The molecule has 1 rings (SSSR count). The van der Waals surface area contributed by atoms with Crippen LogP contribution in [0.15, 0.2) is 0 Å². The topological polar surface area (TPSA) is 33.7 Å². The van der Waals surface area contributed by atoms with Gasteiger partial charge in [-0.15, -0.1) is 0 Å². The van der Waals surface area contributed by atoms with Gasteiger partial charge in [0.15, 0.2) is 0 Å². The molecular formula is C15H32N2O2. The molecule has 1 heterocycles. The zero-order valence-corrected chi connectivity index (χ0v) is 13.3. The molecule has 3 unspecified atom stereocenters. The molecule has 0 spiro atoms. The van der Waals surface area contributed by atoms with Crippen molar-refractivity contribution in [2.75, 3.05) is 40.5 Å². The first kappa shape index (κ1) is 16.9. The number of ether oxygens (including phenoxy) is 2. The highest BCUT2D eigenvalue weighted by Gasteiger charge is 2.28. The Balaban J connectivity index is 2.53. The van der Waals surface area contributed by atoms with E-state index in [-0.39, 0.29) is 6.10 Å². The molecule has 0 radical (unpaired) electrons. The molecule has 19 heavy (non-hydrogen) atoms. The van der Waals surface area contributed by atoms with Gasteiger partial charge in [-0.2, -0.15) is 0 Å². The van der Waals surface area contributed by atoms with E-state index in [4.69, 9.17) is 9.47 Å². The molecule has 0 bridgehead atoms. The quantitative estimate of drug-likeness (QED) is 0.730. The summed E-state index contributed by atoms with van der Waals surface area (Å²) < 4.78 is 10.7. The number of hydrogen-bond acceptors (Lipinski definition) is 4. The molecule has 0 aromatic carbocycles. The number of rotatable bonds is 8. The summed E-state index contributed by atoms with van der Waals surface area (Å²) in [5, 5.41) is 3.69. The second kappa shape index (κ2) is 8.90. The van der Waals surface area contributed by atoms with Crippen molar-refractivity contribution in [2.45, 2.75) is 51.8 Å². The largest absolute Gasteiger partial charge is 0.382 e. The van der Waals surface area contributed by atoms with Crippen LogP contribution in [0.3, 0.4) is 0 Å². The average molecular weight is 272 g/mol. The normalized spacial score (nSPS) is 26.8. The molecule has 0 amide bonds. The Morgan fingerprint density at radius 3 is 2.58 bits per heavy atom. The number of methoxy groups -OCH3 is 2. The standard InChI is InChI=1S/C15H32N2O2/c1-6-14-8-16-13(7-12(2)3)9-17(14)10-15(19-5)11-18-4/h12-16H,6-11H2,1-5H3. The van der Waals surface area contributed by atoms with Crippen molar-refractivity contribution in [1.29, 1.82) is 0 Å². The summed E-state index contributed by atoms with van der Waals surface area (Å²) in [4.78, 5) is 2.58. The fourth-order valence-corrected chi connectivity index (χ4v) is 2.92. The summed E-state index contributed by atoms with van der Waals surface area (Å²) >= 11 is 0. The van der Waals surface area contributed by atoms with Gasteiger partial charge in [-0.1, -0.05) is 20.8 Å². The van der Waals surface area contributed by atoms with Crippen molar-refractivity contribution in [3.63, 3.8) is 0 Å². The lowest BCUT2D eigenvalue weighted by atomic mass is 9.98. The molecule has 0 aromatic rings. The van der Waals surface area contributed by atoms with Gasteiger partial charge in [0.1, 0.15) is 0 Å². The van der Waals surface area contributed by atoms with Crippen LogP contribution >= 0.6 is 0 Å². The Morgan fingerprint density at radius 2 is 2.05 bits per heavy atom. The molecule has 1 N–H and O–H groups in total. The minimum atomic E-state index is 0.178. The lowest BCUT2D eigenvalue weighted by Gasteiger charge is -2.42. The molecule has 1 saturated heterocycles. The lowest BCUT2D eigenvalue weighted by molar-refractivity contribution is -0.0122. The van der Waals surface area contributed by atoms with Crippen LogP contribution in [0.2, 0.25) is 0 Å². The molecule has 1 aliphatic rings. The Morgan fingerprint density at radius 1 is 1.32 bits per heavy atom. The summed E-state index contributed by atoms with van der Waals surface area (Å²) in [6, 6.07) is 1.24. The first-order valence-corrected chi connectivity index (χ1v) is 7.59. The first-order chi connectivity index (χ1) is 9.10. The zero-order valence-electron chi connectivity index (χ0n) is 13.3. The van der Waals surface area contributed by atoms with Crippen LogP contribution in [0.25, 0.3) is 0 Å². The lowest BCUT2D eigenvalue weighted by Crippen LogP contribution is -2.58. The van der Waals surface area contributed by atoms with Crippen LogP contribution in [0.1, 0.15) is 33.6 Å². The van der Waals surface area contributed by atoms with Gasteiger partial charge in [-0.05, 0) is 18.8 Å². The number of piperazine rings is 1. The smallest absolute Gasteiger partial charge is 0.0931 e. The van der Waals surface area contributed by atoms with E-state index in [0.29, 0.717) is 18.7 Å². The van der Waals surface area contributed by atoms with Gasteiger partial charge in [0.25, 0.3) is 0 Å². The first-order valence-electron chi connectivity index (χ1n) is 7.59. The van der Waals surface area contributed by atoms with Crippen LogP contribution in [-0.4, -0.2) is 63.5 Å². The van der Waals surface area contributed by atoms with E-state index < -0.39 is 0 Å². The monoisotopic (exact) mass is 272 g/mol. The highest BCUT2D eigenvalue weighted by Crippen LogP contribution is 2.16. The van der Waals surface area contributed by atoms with Gasteiger partial charge in [0.05, 0.1) is 12.7 Å². The minimum Gasteiger partial charge on any atom is -0.382 e. The number of nitrogens with zero attached hydrogens (tertiary/aromatic N) is 1. The minimum absolute atomic E-state index is 0.178. The van der Waals surface area contributed by atoms with Crippen LogP contribution in [0.5, 0.6) is 0 Å².